The predicted molar refractivity (Wildman–Crippen MR) is 172 cm³/mol. The molecule has 0 aliphatic carbocycles. The molecule has 0 amide bonds. The molecule has 236 valence electrons. The lowest BCUT2D eigenvalue weighted by molar-refractivity contribution is -0.0223. The number of aryl methyl sites for hydroxylation is 3. The molecule has 0 saturated heterocycles. The average molecular weight is 612 g/mol. The molecule has 0 fully saturated rings. The standard InChI is InChI=1S/C35H41N5O5/c1-10-27-38-28-21(2)18-22(3)36-30(28)39(27)20-23-16-17-26-25(19-23)37-31(40(26)32(41)44-34(4,5)6)29(24-14-12-11-13-15-24)43-33(42)45-35(7,8)9/h11-19,29H,10,20H2,1-9H3. The Morgan fingerprint density at radius 3 is 2.20 bits per heavy atom. The largest absolute Gasteiger partial charge is 0.509 e. The van der Waals surface area contributed by atoms with E-state index < -0.39 is 29.6 Å². The van der Waals surface area contributed by atoms with E-state index >= 15 is 0 Å². The molecule has 5 rings (SSSR count). The van der Waals surface area contributed by atoms with Crippen molar-refractivity contribution in [2.24, 2.45) is 0 Å². The second-order valence-corrected chi connectivity index (χ2v) is 13.2. The summed E-state index contributed by atoms with van der Waals surface area (Å²) in [6.07, 6.45) is -1.82. The molecule has 0 aliphatic rings. The summed E-state index contributed by atoms with van der Waals surface area (Å²) in [6.45, 7) is 17.3. The number of fused-ring (bicyclic) bond motifs is 2. The van der Waals surface area contributed by atoms with Gasteiger partial charge in [0.05, 0.1) is 17.6 Å². The van der Waals surface area contributed by atoms with Gasteiger partial charge in [0, 0.05) is 17.7 Å². The molecule has 2 aromatic carbocycles. The van der Waals surface area contributed by atoms with E-state index in [1.54, 1.807) is 41.5 Å². The van der Waals surface area contributed by atoms with Gasteiger partial charge in [-0.2, -0.15) is 0 Å². The molecule has 0 spiro atoms. The number of ether oxygens (including phenoxy) is 3. The molecular formula is C35H41N5O5. The molecule has 0 N–H and O–H groups in total. The highest BCUT2D eigenvalue weighted by atomic mass is 16.7. The highest BCUT2D eigenvalue weighted by Crippen LogP contribution is 2.32. The third-order valence-electron chi connectivity index (χ3n) is 7.02. The fourth-order valence-electron chi connectivity index (χ4n) is 5.25. The first-order chi connectivity index (χ1) is 21.1. The van der Waals surface area contributed by atoms with Gasteiger partial charge in [0.15, 0.2) is 17.6 Å². The number of carbonyl (C=O) groups excluding carboxylic acids is 2. The van der Waals surface area contributed by atoms with Crippen LogP contribution in [0.15, 0.2) is 54.6 Å². The number of imidazole rings is 2. The van der Waals surface area contributed by atoms with Crippen molar-refractivity contribution in [2.75, 3.05) is 0 Å². The van der Waals surface area contributed by atoms with Crippen molar-refractivity contribution in [1.82, 2.24) is 24.1 Å². The molecular weight excluding hydrogens is 570 g/mol. The minimum Gasteiger partial charge on any atom is -0.443 e. The van der Waals surface area contributed by atoms with Crippen LogP contribution in [0.2, 0.25) is 0 Å². The number of hydrogen-bond donors (Lipinski definition) is 0. The van der Waals surface area contributed by atoms with Crippen LogP contribution in [0.5, 0.6) is 0 Å². The van der Waals surface area contributed by atoms with Crippen LogP contribution in [0.25, 0.3) is 22.2 Å². The number of carbonyl (C=O) groups is 2. The lowest BCUT2D eigenvalue weighted by atomic mass is 10.1. The van der Waals surface area contributed by atoms with Gasteiger partial charge in [-0.25, -0.2) is 29.1 Å². The molecule has 10 nitrogen and oxygen atoms in total. The molecule has 5 aromatic rings. The third-order valence-corrected chi connectivity index (χ3v) is 7.02. The van der Waals surface area contributed by atoms with E-state index in [0.29, 0.717) is 23.1 Å². The number of rotatable bonds is 6. The summed E-state index contributed by atoms with van der Waals surface area (Å²) in [5.41, 5.74) is 4.81. The van der Waals surface area contributed by atoms with Crippen LogP contribution in [-0.4, -0.2) is 47.5 Å². The van der Waals surface area contributed by atoms with Crippen molar-refractivity contribution in [3.8, 4) is 0 Å². The van der Waals surface area contributed by atoms with Crippen LogP contribution >= 0.6 is 0 Å². The van der Waals surface area contributed by atoms with Crippen molar-refractivity contribution >= 4 is 34.4 Å². The first kappa shape index (κ1) is 31.7. The maximum absolute atomic E-state index is 13.7. The number of pyridine rings is 1. The molecule has 10 heteroatoms. The van der Waals surface area contributed by atoms with Crippen molar-refractivity contribution in [1.29, 1.82) is 0 Å². The van der Waals surface area contributed by atoms with Gasteiger partial charge in [-0.3, -0.25) is 0 Å². The van der Waals surface area contributed by atoms with E-state index in [4.69, 9.17) is 29.2 Å². The van der Waals surface area contributed by atoms with Gasteiger partial charge >= 0.3 is 12.2 Å². The zero-order valence-electron chi connectivity index (χ0n) is 27.5. The van der Waals surface area contributed by atoms with Crippen LogP contribution < -0.4 is 0 Å². The highest BCUT2D eigenvalue weighted by molar-refractivity contribution is 5.88. The third kappa shape index (κ3) is 7.00. The molecule has 0 radical (unpaired) electrons. The van der Waals surface area contributed by atoms with Gasteiger partial charge in [0.2, 0.25) is 0 Å². The minimum absolute atomic E-state index is 0.198. The van der Waals surface area contributed by atoms with Crippen LogP contribution in [-0.2, 0) is 27.2 Å². The van der Waals surface area contributed by atoms with E-state index in [-0.39, 0.29) is 5.82 Å². The fraction of sp³-hybridized carbons (Fsp3) is 0.400. The topological polar surface area (TPSA) is 110 Å². The van der Waals surface area contributed by atoms with E-state index in [1.165, 1.54) is 4.57 Å². The van der Waals surface area contributed by atoms with Crippen LogP contribution in [0, 0.1) is 13.8 Å². The monoisotopic (exact) mass is 611 g/mol. The van der Waals surface area contributed by atoms with Crippen molar-refractivity contribution in [3.05, 3.63) is 88.6 Å². The Kier molecular flexibility index (Phi) is 8.44. The maximum atomic E-state index is 13.7. The molecule has 0 saturated carbocycles. The van der Waals surface area contributed by atoms with Crippen LogP contribution in [0.3, 0.4) is 0 Å². The van der Waals surface area contributed by atoms with Crippen LogP contribution in [0.1, 0.15) is 88.6 Å². The van der Waals surface area contributed by atoms with Crippen molar-refractivity contribution in [3.63, 3.8) is 0 Å². The first-order valence-electron chi connectivity index (χ1n) is 15.2. The molecule has 3 heterocycles. The summed E-state index contributed by atoms with van der Waals surface area (Å²) in [5, 5.41) is 0. The van der Waals surface area contributed by atoms with Gasteiger partial charge in [0.25, 0.3) is 0 Å². The molecule has 1 atom stereocenters. The smallest absolute Gasteiger partial charge is 0.443 e. The van der Waals surface area contributed by atoms with Crippen molar-refractivity contribution < 1.29 is 23.8 Å². The Morgan fingerprint density at radius 1 is 0.867 bits per heavy atom. The molecule has 45 heavy (non-hydrogen) atoms. The Hall–Kier alpha value is -4.73. The predicted octanol–water partition coefficient (Wildman–Crippen LogP) is 7.83. The summed E-state index contributed by atoms with van der Waals surface area (Å²) in [5.74, 6) is 1.13. The van der Waals surface area contributed by atoms with Crippen LogP contribution in [0.4, 0.5) is 9.59 Å². The minimum atomic E-state index is -1.05. The lowest BCUT2D eigenvalue weighted by Gasteiger charge is -2.24. The number of hydrogen-bond acceptors (Lipinski definition) is 8. The Morgan fingerprint density at radius 2 is 1.56 bits per heavy atom. The summed E-state index contributed by atoms with van der Waals surface area (Å²) in [6, 6.07) is 16.9. The second kappa shape index (κ2) is 12.0. The summed E-state index contributed by atoms with van der Waals surface area (Å²) in [4.78, 5) is 41.3. The van der Waals surface area contributed by atoms with Gasteiger partial charge in [-0.1, -0.05) is 43.3 Å². The number of aromatic nitrogens is 5. The van der Waals surface area contributed by atoms with E-state index in [2.05, 4.69) is 11.5 Å². The quantitative estimate of drug-likeness (QED) is 0.179. The van der Waals surface area contributed by atoms with Gasteiger partial charge in [-0.05, 0) is 84.7 Å². The van der Waals surface area contributed by atoms with E-state index in [1.807, 2.05) is 68.4 Å². The Balaban J connectivity index is 1.65. The zero-order chi connectivity index (χ0) is 32.7. The summed E-state index contributed by atoms with van der Waals surface area (Å²) >= 11 is 0. The first-order valence-corrected chi connectivity index (χ1v) is 15.2. The normalized spacial score (nSPS) is 12.8. The Labute approximate surface area is 263 Å². The van der Waals surface area contributed by atoms with E-state index in [0.717, 1.165) is 40.2 Å². The lowest BCUT2D eigenvalue weighted by Crippen LogP contribution is -2.30. The summed E-state index contributed by atoms with van der Waals surface area (Å²) < 4.78 is 20.7. The van der Waals surface area contributed by atoms with Crippen molar-refractivity contribution in [2.45, 2.75) is 92.6 Å². The molecule has 0 bridgehead atoms. The second-order valence-electron chi connectivity index (χ2n) is 13.2. The maximum Gasteiger partial charge on any atom is 0.509 e. The van der Waals surface area contributed by atoms with Gasteiger partial charge < -0.3 is 18.8 Å². The zero-order valence-corrected chi connectivity index (χ0v) is 27.5. The van der Waals surface area contributed by atoms with Gasteiger partial charge in [0.1, 0.15) is 22.5 Å². The molecule has 0 aliphatic heterocycles. The summed E-state index contributed by atoms with van der Waals surface area (Å²) in [7, 11) is 0. The fourth-order valence-corrected chi connectivity index (χ4v) is 5.25. The average Bonchev–Trinajstić information content (AvgIpc) is 3.48. The van der Waals surface area contributed by atoms with Gasteiger partial charge in [-0.15, -0.1) is 0 Å². The molecule has 3 aromatic heterocycles. The SMILES string of the molecule is CCc1nc2c(C)cc(C)nc2n1Cc1ccc2c(c1)nc(C(OC(=O)OC(C)(C)C)c1ccccc1)n2C(=O)OC(C)(C)C. The molecule has 1 unspecified atom stereocenters. The Bertz CT molecular complexity index is 1880. The highest BCUT2D eigenvalue weighted by Gasteiger charge is 2.32. The number of benzene rings is 2. The van der Waals surface area contributed by atoms with E-state index in [9.17, 15) is 9.59 Å². The number of nitrogens with zero attached hydrogens (tertiary/aromatic N) is 5.